The zero-order valence-electron chi connectivity index (χ0n) is 15.7. The number of anilines is 3. The minimum atomic E-state index is -4.56. The lowest BCUT2D eigenvalue weighted by Crippen LogP contribution is -2.14. The summed E-state index contributed by atoms with van der Waals surface area (Å²) in [6.07, 6.45) is -3.50. The van der Waals surface area contributed by atoms with Gasteiger partial charge in [-0.1, -0.05) is 18.2 Å². The summed E-state index contributed by atoms with van der Waals surface area (Å²) in [5.74, 6) is 0.657. The summed E-state index contributed by atoms with van der Waals surface area (Å²) in [7, 11) is 0. The number of benzene rings is 1. The summed E-state index contributed by atoms with van der Waals surface area (Å²) in [6.45, 7) is 3.67. The second-order valence-electron chi connectivity index (χ2n) is 6.52. The monoisotopic (exact) mass is 404 g/mol. The Hall–Kier alpha value is -3.27. The first-order valence-corrected chi connectivity index (χ1v) is 8.77. The Morgan fingerprint density at radius 3 is 2.48 bits per heavy atom. The number of rotatable bonds is 6. The molecule has 152 valence electrons. The molecule has 0 radical (unpaired) electrons. The first kappa shape index (κ1) is 20.5. The number of nitrogens with one attached hydrogen (secondary N) is 2. The molecule has 3 rings (SSSR count). The highest BCUT2D eigenvalue weighted by Gasteiger charge is 2.32. The first-order valence-electron chi connectivity index (χ1n) is 8.77. The van der Waals surface area contributed by atoms with Crippen LogP contribution in [0.1, 0.15) is 25.1 Å². The molecule has 0 saturated heterocycles. The summed E-state index contributed by atoms with van der Waals surface area (Å²) in [5, 5.41) is 15.2. The molecule has 0 unspecified atom stereocenters. The zero-order valence-corrected chi connectivity index (χ0v) is 15.7. The third-order valence-electron chi connectivity index (χ3n) is 3.73. The number of hydrogen-bond donors (Lipinski definition) is 3. The summed E-state index contributed by atoms with van der Waals surface area (Å²) in [5.41, 5.74) is 0.441. The fourth-order valence-corrected chi connectivity index (χ4v) is 2.48. The van der Waals surface area contributed by atoms with Crippen molar-refractivity contribution in [3.05, 3.63) is 53.9 Å². The molecule has 0 spiro atoms. The Labute approximate surface area is 165 Å². The highest BCUT2D eigenvalue weighted by molar-refractivity contribution is 5.61. The third-order valence-corrected chi connectivity index (χ3v) is 3.73. The van der Waals surface area contributed by atoms with Gasteiger partial charge < -0.3 is 15.7 Å². The van der Waals surface area contributed by atoms with Gasteiger partial charge in [-0.3, -0.25) is 4.98 Å². The van der Waals surface area contributed by atoms with Gasteiger partial charge in [-0.25, -0.2) is 0 Å². The number of aliphatic hydroxyl groups is 1. The number of alkyl halides is 3. The van der Waals surface area contributed by atoms with Crippen molar-refractivity contribution >= 4 is 17.6 Å². The molecule has 7 nitrogen and oxygen atoms in total. The van der Waals surface area contributed by atoms with E-state index in [1.165, 1.54) is 6.07 Å². The highest BCUT2D eigenvalue weighted by Crippen LogP contribution is 2.29. The van der Waals surface area contributed by atoms with Gasteiger partial charge in [-0.2, -0.15) is 28.1 Å². The molecule has 10 heteroatoms. The number of aliphatic hydroxyl groups excluding tert-OH is 1. The molecule has 0 bridgehead atoms. The molecule has 0 fully saturated rings. The zero-order chi connectivity index (χ0) is 21.0. The molecule has 3 N–H and O–H groups in total. The van der Waals surface area contributed by atoms with E-state index in [0.29, 0.717) is 17.0 Å². The van der Waals surface area contributed by atoms with Crippen LogP contribution in [0.15, 0.2) is 42.6 Å². The van der Waals surface area contributed by atoms with Crippen LogP contribution in [0.5, 0.6) is 0 Å². The van der Waals surface area contributed by atoms with Crippen molar-refractivity contribution in [2.24, 2.45) is 0 Å². The van der Waals surface area contributed by atoms with Crippen LogP contribution < -0.4 is 10.6 Å². The van der Waals surface area contributed by atoms with Crippen molar-refractivity contribution in [3.63, 3.8) is 0 Å². The van der Waals surface area contributed by atoms with Gasteiger partial charge in [0.15, 0.2) is 5.82 Å². The van der Waals surface area contributed by atoms with Crippen molar-refractivity contribution in [2.75, 3.05) is 10.6 Å². The first-order chi connectivity index (χ1) is 13.7. The van der Waals surface area contributed by atoms with Crippen LogP contribution in [-0.2, 0) is 12.8 Å². The van der Waals surface area contributed by atoms with E-state index in [-0.39, 0.29) is 30.2 Å². The SMILES string of the molecule is CC(C)Nc1nc(Nc2ccnc(C(F)(F)F)c2)nc(-c2cccc(CO)c2)n1. The molecular weight excluding hydrogens is 385 g/mol. The van der Waals surface area contributed by atoms with E-state index in [4.69, 9.17) is 0 Å². The van der Waals surface area contributed by atoms with Gasteiger partial charge in [0.1, 0.15) is 5.69 Å². The summed E-state index contributed by atoms with van der Waals surface area (Å²) < 4.78 is 38.7. The normalized spacial score (nSPS) is 11.6. The predicted molar refractivity (Wildman–Crippen MR) is 102 cm³/mol. The number of pyridine rings is 1. The minimum Gasteiger partial charge on any atom is -0.392 e. The Kier molecular flexibility index (Phi) is 5.92. The molecule has 0 aliphatic rings. The molecule has 0 saturated carbocycles. The molecule has 0 amide bonds. The Balaban J connectivity index is 1.99. The van der Waals surface area contributed by atoms with Gasteiger partial charge in [0.2, 0.25) is 11.9 Å². The van der Waals surface area contributed by atoms with Gasteiger partial charge in [-0.05, 0) is 37.6 Å². The number of nitrogens with zero attached hydrogens (tertiary/aromatic N) is 4. The van der Waals surface area contributed by atoms with Crippen molar-refractivity contribution in [1.82, 2.24) is 19.9 Å². The van der Waals surface area contributed by atoms with E-state index < -0.39 is 11.9 Å². The van der Waals surface area contributed by atoms with Gasteiger partial charge in [-0.15, -0.1) is 0 Å². The van der Waals surface area contributed by atoms with Crippen LogP contribution in [0.3, 0.4) is 0 Å². The maximum Gasteiger partial charge on any atom is 0.433 e. The van der Waals surface area contributed by atoms with E-state index >= 15 is 0 Å². The van der Waals surface area contributed by atoms with Crippen molar-refractivity contribution in [3.8, 4) is 11.4 Å². The quantitative estimate of drug-likeness (QED) is 0.571. The van der Waals surface area contributed by atoms with Gasteiger partial charge >= 0.3 is 6.18 Å². The van der Waals surface area contributed by atoms with E-state index in [9.17, 15) is 18.3 Å². The molecule has 0 atom stereocenters. The van der Waals surface area contributed by atoms with Gasteiger partial charge in [0.05, 0.1) is 6.61 Å². The Bertz CT molecular complexity index is 994. The van der Waals surface area contributed by atoms with Crippen molar-refractivity contribution in [1.29, 1.82) is 0 Å². The molecule has 1 aromatic carbocycles. The maximum atomic E-state index is 12.9. The average Bonchev–Trinajstić information content (AvgIpc) is 2.67. The lowest BCUT2D eigenvalue weighted by atomic mass is 10.1. The maximum absolute atomic E-state index is 12.9. The van der Waals surface area contributed by atoms with Gasteiger partial charge in [0, 0.05) is 23.5 Å². The summed E-state index contributed by atoms with van der Waals surface area (Å²) in [4.78, 5) is 16.3. The van der Waals surface area contributed by atoms with E-state index in [1.807, 2.05) is 13.8 Å². The van der Waals surface area contributed by atoms with Crippen LogP contribution >= 0.6 is 0 Å². The summed E-state index contributed by atoms with van der Waals surface area (Å²) >= 11 is 0. The number of halogens is 3. The Morgan fingerprint density at radius 1 is 1.03 bits per heavy atom. The van der Waals surface area contributed by atoms with E-state index in [2.05, 4.69) is 30.6 Å². The standard InChI is InChI=1S/C19H19F3N6O/c1-11(2)24-17-26-16(13-5-3-4-12(8-13)10-29)27-18(28-17)25-14-6-7-23-15(9-14)19(20,21)22/h3-9,11,29H,10H2,1-2H3,(H2,23,24,25,26,27,28). The van der Waals surface area contributed by atoms with E-state index in [0.717, 1.165) is 12.3 Å². The van der Waals surface area contributed by atoms with Crippen molar-refractivity contribution < 1.29 is 18.3 Å². The third kappa shape index (κ3) is 5.38. The molecule has 0 aliphatic carbocycles. The molecule has 2 heterocycles. The average molecular weight is 404 g/mol. The van der Waals surface area contributed by atoms with Crippen LogP contribution in [0.25, 0.3) is 11.4 Å². The number of aromatic nitrogens is 4. The fraction of sp³-hybridized carbons (Fsp3) is 0.263. The fourth-order valence-electron chi connectivity index (χ4n) is 2.48. The Morgan fingerprint density at radius 2 is 1.79 bits per heavy atom. The smallest absolute Gasteiger partial charge is 0.392 e. The second kappa shape index (κ2) is 8.39. The molecule has 29 heavy (non-hydrogen) atoms. The van der Waals surface area contributed by atoms with Crippen LogP contribution in [-0.4, -0.2) is 31.1 Å². The van der Waals surface area contributed by atoms with Crippen LogP contribution in [0.4, 0.5) is 30.8 Å². The predicted octanol–water partition coefficient (Wildman–Crippen LogP) is 4.01. The molecule has 3 aromatic rings. The topological polar surface area (TPSA) is 95.9 Å². The van der Waals surface area contributed by atoms with Gasteiger partial charge in [0.25, 0.3) is 0 Å². The lowest BCUT2D eigenvalue weighted by Gasteiger charge is -2.13. The molecule has 2 aromatic heterocycles. The van der Waals surface area contributed by atoms with E-state index in [1.54, 1.807) is 24.3 Å². The highest BCUT2D eigenvalue weighted by atomic mass is 19.4. The molecular formula is C19H19F3N6O. The largest absolute Gasteiger partial charge is 0.433 e. The molecule has 0 aliphatic heterocycles. The van der Waals surface area contributed by atoms with Crippen LogP contribution in [0, 0.1) is 0 Å². The van der Waals surface area contributed by atoms with Crippen molar-refractivity contribution in [2.45, 2.75) is 32.7 Å². The van der Waals surface area contributed by atoms with Crippen LogP contribution in [0.2, 0.25) is 0 Å². The lowest BCUT2D eigenvalue weighted by molar-refractivity contribution is -0.141. The number of hydrogen-bond acceptors (Lipinski definition) is 7. The summed E-state index contributed by atoms with van der Waals surface area (Å²) in [6, 6.07) is 9.31. The second-order valence-corrected chi connectivity index (χ2v) is 6.52. The minimum absolute atomic E-state index is 0.0274.